The number of aromatic nitrogens is 4. The highest BCUT2D eigenvalue weighted by molar-refractivity contribution is 7.18. The maximum absolute atomic E-state index is 12.6. The number of hydrogen-bond donors (Lipinski definition) is 2. The van der Waals surface area contributed by atoms with Gasteiger partial charge in [-0.15, -0.1) is 11.3 Å². The van der Waals surface area contributed by atoms with E-state index in [0.29, 0.717) is 18.5 Å². The van der Waals surface area contributed by atoms with E-state index < -0.39 is 0 Å². The fourth-order valence-corrected chi connectivity index (χ4v) is 4.68. The number of benzene rings is 2. The molecule has 0 unspecified atom stereocenters. The molecule has 2 aromatic carbocycles. The van der Waals surface area contributed by atoms with Crippen LogP contribution in [0.5, 0.6) is 0 Å². The molecule has 5 rings (SSSR count). The van der Waals surface area contributed by atoms with Crippen LogP contribution in [0.2, 0.25) is 0 Å². The quantitative estimate of drug-likeness (QED) is 0.390. The van der Waals surface area contributed by atoms with Crippen molar-refractivity contribution in [1.29, 1.82) is 0 Å². The molecule has 0 fully saturated rings. The highest BCUT2D eigenvalue weighted by atomic mass is 32.1. The van der Waals surface area contributed by atoms with Crippen molar-refractivity contribution < 1.29 is 4.79 Å². The summed E-state index contributed by atoms with van der Waals surface area (Å²) in [5.74, 6) is 0.793. The summed E-state index contributed by atoms with van der Waals surface area (Å²) < 4.78 is 1.91. The van der Waals surface area contributed by atoms with Crippen molar-refractivity contribution in [3.63, 3.8) is 0 Å². The van der Waals surface area contributed by atoms with Crippen molar-refractivity contribution >= 4 is 28.3 Å². The fourth-order valence-electron chi connectivity index (χ4n) is 3.73. The van der Waals surface area contributed by atoms with Crippen LogP contribution >= 0.6 is 11.3 Å². The van der Waals surface area contributed by atoms with Gasteiger partial charge in [0.1, 0.15) is 5.82 Å². The molecule has 0 aliphatic rings. The molecule has 2 N–H and O–H groups in total. The molecule has 0 atom stereocenters. The van der Waals surface area contributed by atoms with E-state index in [9.17, 15) is 4.79 Å². The number of carbonyl (C=O) groups is 1. The zero-order valence-electron chi connectivity index (χ0n) is 17.9. The second-order valence-electron chi connectivity index (χ2n) is 7.84. The molecule has 6 nitrogen and oxygen atoms in total. The third-order valence-electron chi connectivity index (χ3n) is 5.39. The predicted molar refractivity (Wildman–Crippen MR) is 129 cm³/mol. The van der Waals surface area contributed by atoms with E-state index in [4.69, 9.17) is 4.98 Å². The Balaban J connectivity index is 1.31. The molecule has 0 spiro atoms. The molecule has 32 heavy (non-hydrogen) atoms. The zero-order valence-corrected chi connectivity index (χ0v) is 18.7. The first-order valence-corrected chi connectivity index (χ1v) is 11.3. The second kappa shape index (κ2) is 8.43. The molecule has 0 saturated heterocycles. The smallest absolute Gasteiger partial charge is 0.251 e. The van der Waals surface area contributed by atoms with Crippen molar-refractivity contribution in [1.82, 2.24) is 24.8 Å². The number of thiophene rings is 1. The first-order chi connectivity index (χ1) is 15.6. The molecule has 7 heteroatoms. The van der Waals surface area contributed by atoms with Crippen LogP contribution in [-0.2, 0) is 13.5 Å². The number of carbonyl (C=O) groups excluding carboxylic acids is 1. The van der Waals surface area contributed by atoms with Gasteiger partial charge in [-0.05, 0) is 48.4 Å². The van der Waals surface area contributed by atoms with E-state index in [1.165, 1.54) is 0 Å². The van der Waals surface area contributed by atoms with Gasteiger partial charge in [0.05, 0.1) is 27.9 Å². The summed E-state index contributed by atoms with van der Waals surface area (Å²) >= 11 is 1.66. The number of imidazole rings is 2. The van der Waals surface area contributed by atoms with Gasteiger partial charge in [0.2, 0.25) is 0 Å². The molecule has 0 aliphatic heterocycles. The Bertz CT molecular complexity index is 1410. The third-order valence-corrected chi connectivity index (χ3v) is 6.53. The van der Waals surface area contributed by atoms with Crippen molar-refractivity contribution in [2.45, 2.75) is 13.3 Å². The molecule has 3 heterocycles. The van der Waals surface area contributed by atoms with Gasteiger partial charge >= 0.3 is 0 Å². The minimum atomic E-state index is -0.0766. The highest BCUT2D eigenvalue weighted by Crippen LogP contribution is 2.34. The maximum atomic E-state index is 12.6. The van der Waals surface area contributed by atoms with Crippen LogP contribution in [0.1, 0.15) is 21.6 Å². The number of H-pyrrole nitrogens is 1. The number of rotatable bonds is 6. The second-order valence-corrected chi connectivity index (χ2v) is 8.92. The lowest BCUT2D eigenvalue weighted by Gasteiger charge is -2.06. The van der Waals surface area contributed by atoms with Crippen LogP contribution in [0.25, 0.3) is 32.2 Å². The summed E-state index contributed by atoms with van der Waals surface area (Å²) in [6, 6.07) is 18.0. The Morgan fingerprint density at radius 1 is 1.12 bits per heavy atom. The third kappa shape index (κ3) is 4.07. The number of fused-ring (bicyclic) bond motifs is 1. The number of nitrogens with zero attached hydrogens (tertiary/aromatic N) is 3. The van der Waals surface area contributed by atoms with Gasteiger partial charge < -0.3 is 14.9 Å². The number of nitrogens with one attached hydrogen (secondary N) is 2. The number of hydrogen-bond acceptors (Lipinski definition) is 4. The summed E-state index contributed by atoms with van der Waals surface area (Å²) in [6.07, 6.45) is 4.43. The number of amides is 1. The van der Waals surface area contributed by atoms with E-state index in [1.54, 1.807) is 17.7 Å². The largest absolute Gasteiger partial charge is 0.352 e. The lowest BCUT2D eigenvalue weighted by molar-refractivity contribution is 0.0954. The Labute approximate surface area is 190 Å². The molecule has 0 aliphatic carbocycles. The summed E-state index contributed by atoms with van der Waals surface area (Å²) in [7, 11) is 1.94. The van der Waals surface area contributed by atoms with Crippen molar-refractivity contribution in [3.05, 3.63) is 83.9 Å². The van der Waals surface area contributed by atoms with Crippen LogP contribution < -0.4 is 5.32 Å². The zero-order chi connectivity index (χ0) is 22.1. The van der Waals surface area contributed by atoms with Crippen LogP contribution in [0.15, 0.2) is 67.1 Å². The summed E-state index contributed by atoms with van der Waals surface area (Å²) in [5.41, 5.74) is 5.84. The fraction of sp³-hybridized carbons (Fsp3) is 0.160. The summed E-state index contributed by atoms with van der Waals surface area (Å²) in [4.78, 5) is 27.3. The highest BCUT2D eigenvalue weighted by Gasteiger charge is 2.12. The molecule has 160 valence electrons. The lowest BCUT2D eigenvalue weighted by Crippen LogP contribution is -2.25. The van der Waals surface area contributed by atoms with E-state index in [0.717, 1.165) is 43.4 Å². The van der Waals surface area contributed by atoms with Crippen molar-refractivity contribution in [2.24, 2.45) is 7.05 Å². The minimum absolute atomic E-state index is 0.0766. The van der Waals surface area contributed by atoms with Crippen LogP contribution in [-0.4, -0.2) is 32.0 Å². The molecule has 0 saturated carbocycles. The molecular formula is C25H23N5OS. The SMILES string of the molecule is Cc1cccc2[nH]c(-c3ccc(-c4cccc(C(=O)NCCc5cn(C)cn5)c4)s3)nc12. The lowest BCUT2D eigenvalue weighted by atomic mass is 10.1. The van der Waals surface area contributed by atoms with Gasteiger partial charge in [-0.1, -0.05) is 24.3 Å². The first-order valence-electron chi connectivity index (χ1n) is 10.5. The average molecular weight is 442 g/mol. The predicted octanol–water partition coefficient (Wildman–Crippen LogP) is 4.97. The van der Waals surface area contributed by atoms with Crippen LogP contribution in [0, 0.1) is 6.92 Å². The average Bonchev–Trinajstić information content (AvgIpc) is 3.53. The van der Waals surface area contributed by atoms with E-state index in [-0.39, 0.29) is 5.91 Å². The van der Waals surface area contributed by atoms with E-state index in [2.05, 4.69) is 40.4 Å². The Hall–Kier alpha value is -3.71. The molecule has 5 aromatic rings. The van der Waals surface area contributed by atoms with E-state index in [1.807, 2.05) is 54.2 Å². The van der Waals surface area contributed by atoms with Crippen molar-refractivity contribution in [2.75, 3.05) is 6.54 Å². The number of para-hydroxylation sites is 1. The van der Waals surface area contributed by atoms with Gasteiger partial charge in [-0.25, -0.2) is 9.97 Å². The molecule has 1 amide bonds. The molecule has 0 bridgehead atoms. The first kappa shape index (κ1) is 20.2. The van der Waals surface area contributed by atoms with Crippen LogP contribution in [0.3, 0.4) is 0 Å². The number of aromatic amines is 1. The monoisotopic (exact) mass is 441 g/mol. The topological polar surface area (TPSA) is 75.6 Å². The van der Waals surface area contributed by atoms with Crippen molar-refractivity contribution in [3.8, 4) is 21.1 Å². The Kier molecular flexibility index (Phi) is 5.33. The normalized spacial score (nSPS) is 11.2. The number of aryl methyl sites for hydroxylation is 2. The van der Waals surface area contributed by atoms with Gasteiger partial charge in [0.15, 0.2) is 0 Å². The standard InChI is InChI=1S/C25H23N5OS/c1-16-5-3-8-20-23(16)29-24(28-20)22-10-9-21(32-22)17-6-4-7-18(13-17)25(31)26-12-11-19-14-30(2)15-27-19/h3-10,13-15H,11-12H2,1-2H3,(H,26,31)(H,28,29). The van der Waals surface area contributed by atoms with Gasteiger partial charge in [0, 0.05) is 36.7 Å². The van der Waals surface area contributed by atoms with Gasteiger partial charge in [0.25, 0.3) is 5.91 Å². The summed E-state index contributed by atoms with van der Waals surface area (Å²) in [6.45, 7) is 2.62. The molecular weight excluding hydrogens is 418 g/mol. The van der Waals surface area contributed by atoms with Crippen LogP contribution in [0.4, 0.5) is 0 Å². The minimum Gasteiger partial charge on any atom is -0.352 e. The van der Waals surface area contributed by atoms with E-state index >= 15 is 0 Å². The summed E-state index contributed by atoms with van der Waals surface area (Å²) in [5, 5.41) is 2.99. The Morgan fingerprint density at radius 2 is 1.97 bits per heavy atom. The Morgan fingerprint density at radius 3 is 2.78 bits per heavy atom. The molecule has 3 aromatic heterocycles. The van der Waals surface area contributed by atoms with Gasteiger partial charge in [-0.3, -0.25) is 4.79 Å². The molecule has 0 radical (unpaired) electrons. The maximum Gasteiger partial charge on any atom is 0.251 e. The van der Waals surface area contributed by atoms with Gasteiger partial charge in [-0.2, -0.15) is 0 Å².